The van der Waals surface area contributed by atoms with Crippen LogP contribution in [0, 0.1) is 0 Å². The van der Waals surface area contributed by atoms with Crippen LogP contribution in [0.15, 0.2) is 142 Å². The van der Waals surface area contributed by atoms with E-state index in [9.17, 15) is 0 Å². The van der Waals surface area contributed by atoms with Gasteiger partial charge in [0.15, 0.2) is 5.82 Å². The topological polar surface area (TPSA) is 52.1 Å². The third-order valence-electron chi connectivity index (χ3n) is 8.85. The second kappa shape index (κ2) is 8.76. The molecule has 0 aliphatic rings. The maximum Gasteiger partial charge on any atom is 0.160 e. The van der Waals surface area contributed by atoms with Gasteiger partial charge in [0.2, 0.25) is 0 Å². The third kappa shape index (κ3) is 3.33. The number of hydrogen-bond acceptors (Lipinski definition) is 4. The van der Waals surface area contributed by atoms with E-state index in [0.717, 1.165) is 93.1 Å². The van der Waals surface area contributed by atoms with Crippen molar-refractivity contribution >= 4 is 76.3 Å². The SMILES string of the molecule is c1ccc2c(-c3ccc4c(ccc5c6ccccc6oc45)c3)nc(-c3ccc4c(ccc5c6ccccc6oc45)c3)nc2c1. The van der Waals surface area contributed by atoms with Gasteiger partial charge in [0, 0.05) is 48.8 Å². The molecule has 10 rings (SSSR count). The predicted octanol–water partition coefficient (Wildman–Crippen LogP) is 11.1. The smallest absolute Gasteiger partial charge is 0.160 e. The van der Waals surface area contributed by atoms with E-state index >= 15 is 0 Å². The number of fused-ring (bicyclic) bond motifs is 11. The van der Waals surface area contributed by atoms with Gasteiger partial charge in [0.25, 0.3) is 0 Å². The molecule has 3 aromatic heterocycles. The van der Waals surface area contributed by atoms with Gasteiger partial charge in [-0.05, 0) is 65.4 Å². The molecule has 0 saturated carbocycles. The van der Waals surface area contributed by atoms with Crippen molar-refractivity contribution in [1.82, 2.24) is 9.97 Å². The summed E-state index contributed by atoms with van der Waals surface area (Å²) in [5, 5.41) is 9.91. The number of furan rings is 2. The van der Waals surface area contributed by atoms with Crippen molar-refractivity contribution in [1.29, 1.82) is 0 Å². The highest BCUT2D eigenvalue weighted by Gasteiger charge is 2.16. The van der Waals surface area contributed by atoms with Crippen molar-refractivity contribution in [3.05, 3.63) is 133 Å². The highest BCUT2D eigenvalue weighted by Crippen LogP contribution is 2.38. The summed E-state index contributed by atoms with van der Waals surface area (Å²) < 4.78 is 12.6. The zero-order valence-corrected chi connectivity index (χ0v) is 23.4. The van der Waals surface area contributed by atoms with Crippen LogP contribution < -0.4 is 0 Å². The second-order valence-electron chi connectivity index (χ2n) is 11.4. The first kappa shape index (κ1) is 23.6. The first-order valence-electron chi connectivity index (χ1n) is 14.7. The lowest BCUT2D eigenvalue weighted by Crippen LogP contribution is -1.95. The monoisotopic (exact) mass is 562 g/mol. The molecule has 0 spiro atoms. The number of rotatable bonds is 2. The fourth-order valence-corrected chi connectivity index (χ4v) is 6.74. The molecule has 0 aliphatic carbocycles. The molecule has 0 fully saturated rings. The molecule has 0 radical (unpaired) electrons. The van der Waals surface area contributed by atoms with E-state index in [1.54, 1.807) is 0 Å². The summed E-state index contributed by atoms with van der Waals surface area (Å²) in [6.45, 7) is 0. The molecule has 0 unspecified atom stereocenters. The summed E-state index contributed by atoms with van der Waals surface area (Å²) in [6.07, 6.45) is 0. The van der Waals surface area contributed by atoms with E-state index < -0.39 is 0 Å². The van der Waals surface area contributed by atoms with Crippen molar-refractivity contribution < 1.29 is 8.83 Å². The Morgan fingerprint density at radius 1 is 0.386 bits per heavy atom. The molecule has 3 heterocycles. The maximum atomic E-state index is 6.31. The number of nitrogens with zero attached hydrogens (tertiary/aromatic N) is 2. The zero-order chi connectivity index (χ0) is 28.8. The first-order chi connectivity index (χ1) is 21.8. The molecule has 0 saturated heterocycles. The van der Waals surface area contributed by atoms with Crippen LogP contribution in [0.25, 0.3) is 99.0 Å². The Kier molecular flexibility index (Phi) is 4.69. The molecule has 4 nitrogen and oxygen atoms in total. The van der Waals surface area contributed by atoms with Gasteiger partial charge in [-0.3, -0.25) is 0 Å². The van der Waals surface area contributed by atoms with Gasteiger partial charge < -0.3 is 8.83 Å². The van der Waals surface area contributed by atoms with Crippen LogP contribution in [0.3, 0.4) is 0 Å². The minimum absolute atomic E-state index is 0.693. The van der Waals surface area contributed by atoms with Gasteiger partial charge in [-0.25, -0.2) is 9.97 Å². The van der Waals surface area contributed by atoms with Crippen LogP contribution in [0.5, 0.6) is 0 Å². The van der Waals surface area contributed by atoms with Crippen molar-refractivity contribution in [2.24, 2.45) is 0 Å². The Morgan fingerprint density at radius 3 is 1.57 bits per heavy atom. The minimum Gasteiger partial charge on any atom is -0.455 e. The lowest BCUT2D eigenvalue weighted by molar-refractivity contribution is 0.672. The number of para-hydroxylation sites is 3. The minimum atomic E-state index is 0.693. The molecule has 7 aromatic carbocycles. The van der Waals surface area contributed by atoms with E-state index in [4.69, 9.17) is 18.8 Å². The highest BCUT2D eigenvalue weighted by molar-refractivity contribution is 6.16. The van der Waals surface area contributed by atoms with Gasteiger partial charge in [0.05, 0.1) is 11.2 Å². The number of hydrogen-bond donors (Lipinski definition) is 0. The summed E-state index contributed by atoms with van der Waals surface area (Å²) in [7, 11) is 0. The Morgan fingerprint density at radius 2 is 0.909 bits per heavy atom. The van der Waals surface area contributed by atoms with E-state index in [1.165, 1.54) is 0 Å². The summed E-state index contributed by atoms with van der Waals surface area (Å²) in [4.78, 5) is 10.2. The molecule has 44 heavy (non-hydrogen) atoms. The molecule has 0 N–H and O–H groups in total. The van der Waals surface area contributed by atoms with E-state index in [1.807, 2.05) is 42.5 Å². The fourth-order valence-electron chi connectivity index (χ4n) is 6.74. The Balaban J connectivity index is 1.15. The quantitative estimate of drug-likeness (QED) is 0.210. The normalized spacial score (nSPS) is 12.1. The molecule has 204 valence electrons. The average Bonchev–Trinajstić information content (AvgIpc) is 3.66. The molecule has 10 aromatic rings. The van der Waals surface area contributed by atoms with Crippen LogP contribution in [-0.2, 0) is 0 Å². The molecule has 0 amide bonds. The zero-order valence-electron chi connectivity index (χ0n) is 23.4. The molecule has 0 bridgehead atoms. The predicted molar refractivity (Wildman–Crippen MR) is 180 cm³/mol. The van der Waals surface area contributed by atoms with Crippen molar-refractivity contribution in [3.63, 3.8) is 0 Å². The number of benzene rings is 7. The Hall–Kier alpha value is -6.00. The van der Waals surface area contributed by atoms with Gasteiger partial charge in [-0.1, -0.05) is 78.9 Å². The summed E-state index contributed by atoms with van der Waals surface area (Å²) >= 11 is 0. The summed E-state index contributed by atoms with van der Waals surface area (Å²) in [5.74, 6) is 0.693. The van der Waals surface area contributed by atoms with Crippen molar-refractivity contribution in [3.8, 4) is 22.6 Å². The molecular formula is C40H22N2O2. The summed E-state index contributed by atoms with van der Waals surface area (Å²) in [6, 6.07) is 46.1. The lowest BCUT2D eigenvalue weighted by Gasteiger charge is -2.11. The van der Waals surface area contributed by atoms with Crippen molar-refractivity contribution in [2.45, 2.75) is 0 Å². The number of aromatic nitrogens is 2. The molecule has 4 heteroatoms. The van der Waals surface area contributed by atoms with Crippen molar-refractivity contribution in [2.75, 3.05) is 0 Å². The molecule has 0 aliphatic heterocycles. The average molecular weight is 563 g/mol. The maximum absolute atomic E-state index is 6.31. The van der Waals surface area contributed by atoms with Gasteiger partial charge in [-0.2, -0.15) is 0 Å². The van der Waals surface area contributed by atoms with Gasteiger partial charge in [-0.15, -0.1) is 0 Å². The summed E-state index contributed by atoms with van der Waals surface area (Å²) in [5.41, 5.74) is 7.45. The largest absolute Gasteiger partial charge is 0.455 e. The van der Waals surface area contributed by atoms with Gasteiger partial charge in [0.1, 0.15) is 22.3 Å². The van der Waals surface area contributed by atoms with E-state index in [-0.39, 0.29) is 0 Å². The lowest BCUT2D eigenvalue weighted by atomic mass is 9.99. The molecule has 0 atom stereocenters. The van der Waals surface area contributed by atoms with Crippen LogP contribution in [0.2, 0.25) is 0 Å². The van der Waals surface area contributed by atoms with Crippen LogP contribution in [0.1, 0.15) is 0 Å². The Labute approximate surface area is 250 Å². The standard InChI is InChI=1S/C40H22N2O2/c1-4-10-34-33(9-1)37(25-15-17-27-23(21-25)13-19-31-29-7-2-5-11-35(29)43-38(27)31)42-40(41-34)26-16-18-28-24(22-26)14-20-32-30-8-3-6-12-36(30)44-39(28)32/h1-22H. The third-order valence-corrected chi connectivity index (χ3v) is 8.85. The van der Waals surface area contributed by atoms with Crippen LogP contribution in [0.4, 0.5) is 0 Å². The van der Waals surface area contributed by atoms with E-state index in [2.05, 4.69) is 91.0 Å². The van der Waals surface area contributed by atoms with Crippen LogP contribution in [-0.4, -0.2) is 9.97 Å². The molecular weight excluding hydrogens is 540 g/mol. The highest BCUT2D eigenvalue weighted by atomic mass is 16.3. The van der Waals surface area contributed by atoms with E-state index in [0.29, 0.717) is 5.82 Å². The van der Waals surface area contributed by atoms with Crippen LogP contribution >= 0.6 is 0 Å². The second-order valence-corrected chi connectivity index (χ2v) is 11.4. The Bertz CT molecular complexity index is 2790. The first-order valence-corrected chi connectivity index (χ1v) is 14.7. The van der Waals surface area contributed by atoms with Gasteiger partial charge >= 0.3 is 0 Å². The fraction of sp³-hybridized carbons (Fsp3) is 0.